The van der Waals surface area contributed by atoms with E-state index in [-0.39, 0.29) is 41.2 Å². The minimum Gasteiger partial charge on any atom is -0.497 e. The molecule has 0 heterocycles. The lowest BCUT2D eigenvalue weighted by Crippen LogP contribution is -2.55. The molecule has 0 bridgehead atoms. The van der Waals surface area contributed by atoms with Crippen LogP contribution >= 0.6 is 11.6 Å². The fourth-order valence-electron chi connectivity index (χ4n) is 6.23. The maximum atomic E-state index is 14.9. The summed E-state index contributed by atoms with van der Waals surface area (Å²) in [7, 11) is -1.42. The summed E-state index contributed by atoms with van der Waals surface area (Å²) in [4.78, 5) is 30.6. The van der Waals surface area contributed by atoms with E-state index in [2.05, 4.69) is 5.32 Å². The Bertz CT molecular complexity index is 1850. The number of sulfonamides is 1. The predicted octanol–water partition coefficient (Wildman–Crippen LogP) is 6.95. The Morgan fingerprint density at radius 1 is 0.860 bits per heavy atom. The number of nitrogens with one attached hydrogen (secondary N) is 1. The molecule has 264 valence electrons. The Kier molecular flexibility index (Phi) is 12.4. The largest absolute Gasteiger partial charge is 0.497 e. The molecule has 2 amide bonds. The predicted molar refractivity (Wildman–Crippen MR) is 196 cm³/mol. The normalized spacial score (nSPS) is 14.0. The monoisotopic (exact) mass is 717 g/mol. The molecule has 9 nitrogen and oxygen atoms in total. The maximum Gasteiger partial charge on any atom is 0.264 e. The van der Waals surface area contributed by atoms with Crippen molar-refractivity contribution in [3.05, 3.63) is 119 Å². The fourth-order valence-corrected chi connectivity index (χ4v) is 7.77. The molecule has 1 N–H and O–H groups in total. The number of amides is 2. The fraction of sp³-hybridized carbons (Fsp3) is 0.333. The van der Waals surface area contributed by atoms with Crippen LogP contribution in [0.25, 0.3) is 0 Å². The number of anilines is 1. The molecule has 1 fully saturated rings. The van der Waals surface area contributed by atoms with Crippen molar-refractivity contribution < 1.29 is 27.5 Å². The number of aryl methyl sites for hydroxylation is 1. The summed E-state index contributed by atoms with van der Waals surface area (Å²) < 4.78 is 41.1. The highest BCUT2D eigenvalue weighted by Crippen LogP contribution is 2.36. The second-order valence-corrected chi connectivity index (χ2v) is 14.9. The van der Waals surface area contributed by atoms with E-state index in [1.165, 1.54) is 37.3 Å². The lowest BCUT2D eigenvalue weighted by molar-refractivity contribution is -0.140. The average molecular weight is 718 g/mol. The zero-order valence-electron chi connectivity index (χ0n) is 28.7. The summed E-state index contributed by atoms with van der Waals surface area (Å²) in [6.45, 7) is 1.29. The highest BCUT2D eigenvalue weighted by molar-refractivity contribution is 7.92. The van der Waals surface area contributed by atoms with Gasteiger partial charge in [0.05, 0.1) is 24.8 Å². The number of ether oxygens (including phenoxy) is 2. The van der Waals surface area contributed by atoms with Gasteiger partial charge in [-0.2, -0.15) is 0 Å². The van der Waals surface area contributed by atoms with Gasteiger partial charge in [-0.05, 0) is 67.3 Å². The first kappa shape index (κ1) is 36.7. The molecule has 0 aliphatic heterocycles. The number of halogens is 1. The third kappa shape index (κ3) is 9.17. The van der Waals surface area contributed by atoms with Crippen LogP contribution in [0.4, 0.5) is 5.69 Å². The van der Waals surface area contributed by atoms with E-state index < -0.39 is 28.5 Å². The number of rotatable bonds is 14. The molecule has 50 heavy (non-hydrogen) atoms. The third-order valence-corrected chi connectivity index (χ3v) is 11.1. The molecule has 1 aliphatic carbocycles. The SMILES string of the molecule is COc1ccc(OC)c(N(CC(=O)N(Cc2ccc(Cl)cc2)[C@@H](Cc2ccccc2)C(=O)NC2CCCCC2)S(=O)(=O)c2ccc(C)cc2)c1. The third-order valence-electron chi connectivity index (χ3n) is 9.03. The van der Waals surface area contributed by atoms with Gasteiger partial charge in [-0.1, -0.05) is 91.0 Å². The number of hydrogen-bond donors (Lipinski definition) is 1. The molecule has 0 radical (unpaired) electrons. The average Bonchev–Trinajstić information content (AvgIpc) is 3.13. The van der Waals surface area contributed by atoms with Crippen LogP contribution in [0.3, 0.4) is 0 Å². The lowest BCUT2D eigenvalue weighted by atomic mass is 9.94. The zero-order valence-corrected chi connectivity index (χ0v) is 30.3. The Morgan fingerprint density at radius 2 is 1.54 bits per heavy atom. The summed E-state index contributed by atoms with van der Waals surface area (Å²) in [6.07, 6.45) is 5.14. The van der Waals surface area contributed by atoms with Crippen LogP contribution in [0, 0.1) is 6.92 Å². The van der Waals surface area contributed by atoms with E-state index >= 15 is 0 Å². The van der Waals surface area contributed by atoms with Gasteiger partial charge < -0.3 is 19.7 Å². The van der Waals surface area contributed by atoms with Crippen LogP contribution in [0.1, 0.15) is 48.8 Å². The summed E-state index contributed by atoms with van der Waals surface area (Å²) in [6, 6.07) is 26.8. The van der Waals surface area contributed by atoms with Crippen LogP contribution in [-0.4, -0.2) is 58.0 Å². The number of hydrogen-bond acceptors (Lipinski definition) is 6. The van der Waals surface area contributed by atoms with Gasteiger partial charge in [0.15, 0.2) is 0 Å². The Labute approximate surface area is 300 Å². The second-order valence-electron chi connectivity index (χ2n) is 12.6. The highest BCUT2D eigenvalue weighted by atomic mass is 35.5. The first-order chi connectivity index (χ1) is 24.1. The zero-order chi connectivity index (χ0) is 35.7. The number of methoxy groups -OCH3 is 2. The molecule has 0 spiro atoms. The van der Waals surface area contributed by atoms with Gasteiger partial charge in [-0.25, -0.2) is 8.42 Å². The van der Waals surface area contributed by atoms with Crippen molar-refractivity contribution in [2.45, 2.75) is 69.0 Å². The Hall–Kier alpha value is -4.54. The van der Waals surface area contributed by atoms with Gasteiger partial charge >= 0.3 is 0 Å². The van der Waals surface area contributed by atoms with Crippen molar-refractivity contribution in [1.82, 2.24) is 10.2 Å². The molecule has 4 aromatic rings. The molecular weight excluding hydrogens is 674 g/mol. The molecular formula is C39H44ClN3O6S. The quantitative estimate of drug-likeness (QED) is 0.151. The number of benzene rings is 4. The highest BCUT2D eigenvalue weighted by Gasteiger charge is 2.36. The Balaban J connectivity index is 1.61. The molecule has 5 rings (SSSR count). The van der Waals surface area contributed by atoms with Crippen LogP contribution in [0.15, 0.2) is 102 Å². The Morgan fingerprint density at radius 3 is 2.18 bits per heavy atom. The lowest BCUT2D eigenvalue weighted by Gasteiger charge is -2.35. The molecule has 1 saturated carbocycles. The van der Waals surface area contributed by atoms with Gasteiger partial charge in [0.1, 0.15) is 24.1 Å². The van der Waals surface area contributed by atoms with Gasteiger partial charge in [0, 0.05) is 30.1 Å². The van der Waals surface area contributed by atoms with Crippen molar-refractivity contribution in [3.8, 4) is 11.5 Å². The minimum atomic E-state index is -4.33. The number of carbonyl (C=O) groups is 2. The number of nitrogens with zero attached hydrogens (tertiary/aromatic N) is 2. The van der Waals surface area contributed by atoms with Crippen molar-refractivity contribution in [3.63, 3.8) is 0 Å². The molecule has 0 aromatic heterocycles. The van der Waals surface area contributed by atoms with E-state index in [1.54, 1.807) is 48.5 Å². The topological polar surface area (TPSA) is 105 Å². The van der Waals surface area contributed by atoms with E-state index in [4.69, 9.17) is 21.1 Å². The van der Waals surface area contributed by atoms with E-state index in [1.807, 2.05) is 37.3 Å². The van der Waals surface area contributed by atoms with E-state index in [0.717, 1.165) is 53.1 Å². The van der Waals surface area contributed by atoms with E-state index in [9.17, 15) is 18.0 Å². The molecule has 11 heteroatoms. The number of carbonyl (C=O) groups excluding carboxylic acids is 2. The summed E-state index contributed by atoms with van der Waals surface area (Å²) in [5.41, 5.74) is 2.60. The molecule has 0 saturated heterocycles. The molecule has 0 unspecified atom stereocenters. The first-order valence-corrected chi connectivity index (χ1v) is 18.6. The van der Waals surface area contributed by atoms with Crippen molar-refractivity contribution in [1.29, 1.82) is 0 Å². The van der Waals surface area contributed by atoms with Gasteiger partial charge in [0.25, 0.3) is 10.0 Å². The smallest absolute Gasteiger partial charge is 0.264 e. The first-order valence-electron chi connectivity index (χ1n) is 16.8. The summed E-state index contributed by atoms with van der Waals surface area (Å²) in [5.74, 6) is -0.242. The second kappa shape index (κ2) is 16.9. The van der Waals surface area contributed by atoms with Crippen molar-refractivity contribution >= 4 is 39.1 Å². The molecule has 1 aliphatic rings. The van der Waals surface area contributed by atoms with Crippen molar-refractivity contribution in [2.75, 3.05) is 25.1 Å². The standard InChI is InChI=1S/C39H44ClN3O6S/c1-28-14-21-34(22-15-28)50(46,47)43(35-25-33(48-2)20-23-37(35)49-3)27-38(44)42(26-30-16-18-31(40)19-17-30)36(24-29-10-6-4-7-11-29)39(45)41-32-12-8-5-9-13-32/h4,6-7,10-11,14-23,25,32,36H,5,8-9,12-13,24,26-27H2,1-3H3,(H,41,45)/t36-/m0/s1. The maximum absolute atomic E-state index is 14.9. The molecule has 4 aromatic carbocycles. The van der Waals surface area contributed by atoms with Gasteiger partial charge in [0.2, 0.25) is 11.8 Å². The van der Waals surface area contributed by atoms with Crippen molar-refractivity contribution in [2.24, 2.45) is 0 Å². The van der Waals surface area contributed by atoms with Crippen LogP contribution in [0.2, 0.25) is 5.02 Å². The summed E-state index contributed by atoms with van der Waals surface area (Å²) >= 11 is 6.21. The van der Waals surface area contributed by atoms with E-state index in [0.29, 0.717) is 10.8 Å². The minimum absolute atomic E-state index is 0.000835. The summed E-state index contributed by atoms with van der Waals surface area (Å²) in [5, 5.41) is 3.76. The van der Waals surface area contributed by atoms with Crippen LogP contribution < -0.4 is 19.1 Å². The van der Waals surface area contributed by atoms with Crippen LogP contribution in [0.5, 0.6) is 11.5 Å². The molecule has 1 atom stereocenters. The van der Waals surface area contributed by atoms with Crippen LogP contribution in [-0.2, 0) is 32.6 Å². The van der Waals surface area contributed by atoms with Gasteiger partial charge in [-0.3, -0.25) is 13.9 Å². The van der Waals surface area contributed by atoms with Gasteiger partial charge in [-0.15, -0.1) is 0 Å².